The van der Waals surface area contributed by atoms with E-state index in [0.29, 0.717) is 30.8 Å². The van der Waals surface area contributed by atoms with Crippen LogP contribution in [0.15, 0.2) is 36.4 Å². The molecule has 1 aromatic carbocycles. The number of carboxylic acids is 1. The molecule has 2 rings (SSSR count). The van der Waals surface area contributed by atoms with Gasteiger partial charge in [0.15, 0.2) is 5.78 Å². The van der Waals surface area contributed by atoms with Crippen molar-refractivity contribution in [2.45, 2.75) is 90.4 Å². The van der Waals surface area contributed by atoms with Crippen LogP contribution in [0.2, 0.25) is 0 Å². The smallest absolute Gasteiger partial charge is 0.303 e. The Morgan fingerprint density at radius 2 is 1.70 bits per heavy atom. The third-order valence-electron chi connectivity index (χ3n) is 6.46. The first-order valence-corrected chi connectivity index (χ1v) is 12.7. The molecule has 182 valence electrons. The van der Waals surface area contributed by atoms with Crippen molar-refractivity contribution in [1.29, 1.82) is 0 Å². The Balaban J connectivity index is 1.74. The van der Waals surface area contributed by atoms with E-state index in [9.17, 15) is 14.4 Å². The largest absolute Gasteiger partial charge is 0.494 e. The fourth-order valence-corrected chi connectivity index (χ4v) is 4.45. The highest BCUT2D eigenvalue weighted by molar-refractivity contribution is 6.04. The van der Waals surface area contributed by atoms with Gasteiger partial charge in [0.1, 0.15) is 11.5 Å². The van der Waals surface area contributed by atoms with Gasteiger partial charge in [-0.15, -0.1) is 0 Å². The SMILES string of the molecule is CCCCCCCOc1ccc(C(=O)C=C[C@@H]2CCC(=O)[C@H]2CCCCCCC(=O)O)cc1. The van der Waals surface area contributed by atoms with Crippen LogP contribution in [0.3, 0.4) is 0 Å². The van der Waals surface area contributed by atoms with Crippen molar-refractivity contribution in [2.75, 3.05) is 6.61 Å². The van der Waals surface area contributed by atoms with Crippen LogP contribution >= 0.6 is 0 Å². The third kappa shape index (κ3) is 10.4. The molecule has 0 radical (unpaired) electrons. The van der Waals surface area contributed by atoms with E-state index in [1.54, 1.807) is 18.2 Å². The van der Waals surface area contributed by atoms with Crippen LogP contribution in [-0.2, 0) is 9.59 Å². The second kappa shape index (κ2) is 15.4. The Labute approximate surface area is 198 Å². The van der Waals surface area contributed by atoms with Gasteiger partial charge in [-0.25, -0.2) is 0 Å². The Morgan fingerprint density at radius 3 is 2.42 bits per heavy atom. The van der Waals surface area contributed by atoms with Gasteiger partial charge in [0.2, 0.25) is 0 Å². The lowest BCUT2D eigenvalue weighted by Gasteiger charge is -2.14. The van der Waals surface area contributed by atoms with E-state index in [0.717, 1.165) is 44.3 Å². The van der Waals surface area contributed by atoms with Crippen molar-refractivity contribution in [3.05, 3.63) is 42.0 Å². The van der Waals surface area contributed by atoms with Crippen molar-refractivity contribution >= 4 is 17.5 Å². The van der Waals surface area contributed by atoms with Crippen molar-refractivity contribution in [2.24, 2.45) is 11.8 Å². The zero-order valence-electron chi connectivity index (χ0n) is 20.1. The van der Waals surface area contributed by atoms with Crippen LogP contribution in [0.1, 0.15) is 101 Å². The molecule has 1 aliphatic rings. The maximum absolute atomic E-state index is 12.6. The lowest BCUT2D eigenvalue weighted by molar-refractivity contribution is -0.137. The van der Waals surface area contributed by atoms with Gasteiger partial charge in [0.05, 0.1) is 6.61 Å². The molecule has 0 saturated heterocycles. The molecule has 0 amide bonds. The molecule has 1 fully saturated rings. The van der Waals surface area contributed by atoms with Crippen LogP contribution in [0.5, 0.6) is 5.75 Å². The number of allylic oxidation sites excluding steroid dienone is 2. The molecule has 5 heteroatoms. The van der Waals surface area contributed by atoms with E-state index in [1.807, 2.05) is 18.2 Å². The highest BCUT2D eigenvalue weighted by atomic mass is 16.5. The van der Waals surface area contributed by atoms with Gasteiger partial charge in [0.25, 0.3) is 0 Å². The zero-order valence-corrected chi connectivity index (χ0v) is 20.1. The van der Waals surface area contributed by atoms with Crippen molar-refractivity contribution in [3.8, 4) is 5.75 Å². The number of carboxylic acid groups (broad SMARTS) is 1. The Hall–Kier alpha value is -2.43. The first-order valence-electron chi connectivity index (χ1n) is 12.7. The number of ketones is 2. The lowest BCUT2D eigenvalue weighted by Crippen LogP contribution is -2.13. The molecule has 1 aliphatic carbocycles. The number of hydrogen-bond acceptors (Lipinski definition) is 4. The normalized spacial score (nSPS) is 18.2. The summed E-state index contributed by atoms with van der Waals surface area (Å²) >= 11 is 0. The number of benzene rings is 1. The van der Waals surface area contributed by atoms with E-state index in [-0.39, 0.29) is 24.0 Å². The van der Waals surface area contributed by atoms with E-state index in [1.165, 1.54) is 25.7 Å². The van der Waals surface area contributed by atoms with Gasteiger partial charge >= 0.3 is 5.97 Å². The summed E-state index contributed by atoms with van der Waals surface area (Å²) in [5.74, 6) is 0.385. The lowest BCUT2D eigenvalue weighted by atomic mass is 9.89. The van der Waals surface area contributed by atoms with Crippen molar-refractivity contribution in [3.63, 3.8) is 0 Å². The standard InChI is InChI=1S/C28H40O5/c1-2-3-4-7-10-21-33-24-17-13-23(14-18-24)26(29)19-15-22-16-20-27(30)25(22)11-8-5-6-9-12-28(31)32/h13-15,17-19,22,25H,2-12,16,20-21H2,1H3,(H,31,32)/t22-,25+/m1/s1. The Morgan fingerprint density at radius 1 is 1.00 bits per heavy atom. The maximum Gasteiger partial charge on any atom is 0.303 e. The molecule has 0 bridgehead atoms. The van der Waals surface area contributed by atoms with Gasteiger partial charge in [-0.2, -0.15) is 0 Å². The molecule has 5 nitrogen and oxygen atoms in total. The topological polar surface area (TPSA) is 80.7 Å². The Bertz CT molecular complexity index is 765. The van der Waals surface area contributed by atoms with E-state index < -0.39 is 5.97 Å². The Kier molecular flexibility index (Phi) is 12.5. The van der Waals surface area contributed by atoms with Gasteiger partial charge in [-0.1, -0.05) is 57.9 Å². The number of Topliss-reactive ketones (excluding diaryl/α,β-unsaturated/α-hetero) is 1. The highest BCUT2D eigenvalue weighted by Gasteiger charge is 2.32. The van der Waals surface area contributed by atoms with E-state index >= 15 is 0 Å². The molecule has 0 unspecified atom stereocenters. The number of ether oxygens (including phenoxy) is 1. The van der Waals surface area contributed by atoms with Crippen molar-refractivity contribution in [1.82, 2.24) is 0 Å². The van der Waals surface area contributed by atoms with Crippen LogP contribution < -0.4 is 4.74 Å². The second-order valence-corrected chi connectivity index (χ2v) is 9.13. The number of aliphatic carboxylic acids is 1. The molecule has 2 atom stereocenters. The number of rotatable bonds is 17. The molecule has 1 aromatic rings. The average molecular weight is 457 g/mol. The first-order chi connectivity index (χ1) is 16.0. The monoisotopic (exact) mass is 456 g/mol. The second-order valence-electron chi connectivity index (χ2n) is 9.13. The number of hydrogen-bond donors (Lipinski definition) is 1. The minimum atomic E-state index is -0.754. The van der Waals surface area contributed by atoms with Crippen LogP contribution in [0, 0.1) is 11.8 Å². The van der Waals surface area contributed by atoms with Crippen LogP contribution in [-0.4, -0.2) is 29.2 Å². The highest BCUT2D eigenvalue weighted by Crippen LogP contribution is 2.34. The molecule has 0 aliphatic heterocycles. The van der Waals surface area contributed by atoms with E-state index in [4.69, 9.17) is 9.84 Å². The molecule has 1 saturated carbocycles. The summed E-state index contributed by atoms with van der Waals surface area (Å²) < 4.78 is 5.77. The molecule has 0 spiro atoms. The summed E-state index contributed by atoms with van der Waals surface area (Å²) in [6, 6.07) is 7.29. The minimum Gasteiger partial charge on any atom is -0.494 e. The molecule has 33 heavy (non-hydrogen) atoms. The van der Waals surface area contributed by atoms with Gasteiger partial charge < -0.3 is 9.84 Å². The fourth-order valence-electron chi connectivity index (χ4n) is 4.45. The predicted molar refractivity (Wildman–Crippen MR) is 131 cm³/mol. The summed E-state index contributed by atoms with van der Waals surface area (Å²) in [6.07, 6.45) is 15.4. The summed E-state index contributed by atoms with van der Waals surface area (Å²) in [4.78, 5) is 35.5. The van der Waals surface area contributed by atoms with Crippen LogP contribution in [0.4, 0.5) is 0 Å². The maximum atomic E-state index is 12.6. The van der Waals surface area contributed by atoms with Gasteiger partial charge in [-0.3, -0.25) is 14.4 Å². The summed E-state index contributed by atoms with van der Waals surface area (Å²) in [5.41, 5.74) is 0.626. The predicted octanol–water partition coefficient (Wildman–Crippen LogP) is 6.80. The number of unbranched alkanes of at least 4 members (excludes halogenated alkanes) is 7. The van der Waals surface area contributed by atoms with Crippen molar-refractivity contribution < 1.29 is 24.2 Å². The van der Waals surface area contributed by atoms with E-state index in [2.05, 4.69) is 6.92 Å². The zero-order chi connectivity index (χ0) is 23.9. The minimum absolute atomic E-state index is 0.0124. The molecule has 0 aromatic heterocycles. The summed E-state index contributed by atoms with van der Waals surface area (Å²) in [6.45, 7) is 2.91. The molecular formula is C28H40O5. The summed E-state index contributed by atoms with van der Waals surface area (Å²) in [7, 11) is 0. The average Bonchev–Trinajstić information content (AvgIpc) is 3.16. The quantitative estimate of drug-likeness (QED) is 0.158. The molecule has 1 N–H and O–H groups in total. The van der Waals surface area contributed by atoms with Gasteiger partial charge in [-0.05, 0) is 61.9 Å². The summed E-state index contributed by atoms with van der Waals surface area (Å²) in [5, 5.41) is 8.69. The molecule has 0 heterocycles. The van der Waals surface area contributed by atoms with Gasteiger partial charge in [0, 0.05) is 24.3 Å². The number of carbonyl (C=O) groups is 3. The molecular weight excluding hydrogens is 416 g/mol. The van der Waals surface area contributed by atoms with Crippen LogP contribution in [0.25, 0.3) is 0 Å². The fraction of sp³-hybridized carbons (Fsp3) is 0.607. The third-order valence-corrected chi connectivity index (χ3v) is 6.46. The first kappa shape index (κ1) is 26.8. The number of carbonyl (C=O) groups excluding carboxylic acids is 2.